The Morgan fingerprint density at radius 1 is 1.35 bits per heavy atom. The van der Waals surface area contributed by atoms with Gasteiger partial charge in [0.05, 0.1) is 12.3 Å². The summed E-state index contributed by atoms with van der Waals surface area (Å²) in [6.45, 7) is 2.13. The van der Waals surface area contributed by atoms with Crippen LogP contribution >= 0.6 is 23.1 Å². The molecule has 0 bridgehead atoms. The molecule has 92 valence electrons. The van der Waals surface area contributed by atoms with Gasteiger partial charge in [0.25, 0.3) is 0 Å². The van der Waals surface area contributed by atoms with Crippen molar-refractivity contribution in [3.05, 3.63) is 17.3 Å². The van der Waals surface area contributed by atoms with Gasteiger partial charge in [0.15, 0.2) is 10.8 Å². The number of aliphatic hydroxyl groups is 1. The van der Waals surface area contributed by atoms with Crippen LogP contribution in [-0.2, 0) is 6.61 Å². The highest BCUT2D eigenvalue weighted by Crippen LogP contribution is 2.26. The second-order valence-corrected chi connectivity index (χ2v) is 6.15. The SMILES string of the molecule is OCc1c(N2CCCSCC2)nc2sccn12. The zero-order chi connectivity index (χ0) is 11.7. The molecule has 4 nitrogen and oxygen atoms in total. The molecule has 0 saturated carbocycles. The third kappa shape index (κ3) is 2.05. The predicted molar refractivity (Wildman–Crippen MR) is 73.1 cm³/mol. The molecule has 1 N–H and O–H groups in total. The van der Waals surface area contributed by atoms with Gasteiger partial charge in [-0.2, -0.15) is 11.8 Å². The van der Waals surface area contributed by atoms with Crippen molar-refractivity contribution in [3.63, 3.8) is 0 Å². The number of hydrogen-bond acceptors (Lipinski definition) is 5. The van der Waals surface area contributed by atoms with E-state index in [1.165, 1.54) is 12.2 Å². The topological polar surface area (TPSA) is 40.8 Å². The number of anilines is 1. The van der Waals surface area contributed by atoms with Crippen LogP contribution in [0.3, 0.4) is 0 Å². The summed E-state index contributed by atoms with van der Waals surface area (Å²) in [5, 5.41) is 11.5. The van der Waals surface area contributed by atoms with Gasteiger partial charge >= 0.3 is 0 Å². The van der Waals surface area contributed by atoms with E-state index in [1.54, 1.807) is 11.3 Å². The van der Waals surface area contributed by atoms with Gasteiger partial charge in [0.2, 0.25) is 0 Å². The van der Waals surface area contributed by atoms with Crippen molar-refractivity contribution < 1.29 is 5.11 Å². The van der Waals surface area contributed by atoms with E-state index < -0.39 is 0 Å². The van der Waals surface area contributed by atoms with Crippen LogP contribution < -0.4 is 4.90 Å². The van der Waals surface area contributed by atoms with Crippen LogP contribution in [0.2, 0.25) is 0 Å². The molecule has 1 fully saturated rings. The molecular weight excluding hydrogens is 254 g/mol. The average molecular weight is 269 g/mol. The van der Waals surface area contributed by atoms with E-state index >= 15 is 0 Å². The first-order chi connectivity index (χ1) is 8.40. The lowest BCUT2D eigenvalue weighted by Crippen LogP contribution is -2.26. The standard InChI is InChI=1S/C11H15N3OS2/c15-8-9-10(12-11-14(9)4-7-17-11)13-2-1-5-16-6-3-13/h4,7,15H,1-3,5-6,8H2. The van der Waals surface area contributed by atoms with E-state index in [-0.39, 0.29) is 6.61 Å². The lowest BCUT2D eigenvalue weighted by molar-refractivity contribution is 0.276. The Hall–Kier alpha value is -0.720. The maximum Gasteiger partial charge on any atom is 0.195 e. The highest BCUT2D eigenvalue weighted by molar-refractivity contribution is 7.99. The van der Waals surface area contributed by atoms with Crippen molar-refractivity contribution in [1.82, 2.24) is 9.38 Å². The van der Waals surface area contributed by atoms with E-state index in [9.17, 15) is 5.11 Å². The molecule has 0 radical (unpaired) electrons. The maximum atomic E-state index is 9.54. The fourth-order valence-electron chi connectivity index (χ4n) is 2.18. The number of aromatic nitrogens is 2. The van der Waals surface area contributed by atoms with Gasteiger partial charge in [-0.3, -0.25) is 4.40 Å². The minimum absolute atomic E-state index is 0.0525. The highest BCUT2D eigenvalue weighted by Gasteiger charge is 2.19. The lowest BCUT2D eigenvalue weighted by Gasteiger charge is -2.20. The van der Waals surface area contributed by atoms with Crippen molar-refractivity contribution in [2.75, 3.05) is 29.5 Å². The molecule has 0 aliphatic carbocycles. The summed E-state index contributed by atoms with van der Waals surface area (Å²) in [6, 6.07) is 0. The second kappa shape index (κ2) is 4.88. The maximum absolute atomic E-state index is 9.54. The number of fused-ring (bicyclic) bond motifs is 1. The Morgan fingerprint density at radius 3 is 3.18 bits per heavy atom. The normalized spacial score (nSPS) is 17.6. The van der Waals surface area contributed by atoms with Crippen LogP contribution in [0.15, 0.2) is 11.6 Å². The lowest BCUT2D eigenvalue weighted by atomic mass is 10.3. The summed E-state index contributed by atoms with van der Waals surface area (Å²) in [6.07, 6.45) is 3.18. The van der Waals surface area contributed by atoms with E-state index in [2.05, 4.69) is 9.88 Å². The van der Waals surface area contributed by atoms with Gasteiger partial charge in [-0.05, 0) is 12.2 Å². The van der Waals surface area contributed by atoms with Crippen LogP contribution in [0.4, 0.5) is 5.82 Å². The summed E-state index contributed by atoms with van der Waals surface area (Å²) in [7, 11) is 0. The summed E-state index contributed by atoms with van der Waals surface area (Å²) in [5.41, 5.74) is 0.924. The Balaban J connectivity index is 1.99. The molecule has 1 saturated heterocycles. The van der Waals surface area contributed by atoms with E-state index in [4.69, 9.17) is 0 Å². The van der Waals surface area contributed by atoms with Crippen LogP contribution in [0.1, 0.15) is 12.1 Å². The summed E-state index contributed by atoms with van der Waals surface area (Å²) in [5.74, 6) is 3.35. The Bertz CT molecular complexity index is 500. The molecule has 0 aromatic carbocycles. The number of thioether (sulfide) groups is 1. The van der Waals surface area contributed by atoms with Crippen molar-refractivity contribution >= 4 is 33.9 Å². The molecule has 6 heteroatoms. The van der Waals surface area contributed by atoms with Crippen molar-refractivity contribution in [2.45, 2.75) is 13.0 Å². The number of rotatable bonds is 2. The zero-order valence-corrected chi connectivity index (χ0v) is 11.1. The molecule has 17 heavy (non-hydrogen) atoms. The zero-order valence-electron chi connectivity index (χ0n) is 9.50. The first kappa shape index (κ1) is 11.4. The second-order valence-electron chi connectivity index (χ2n) is 4.05. The molecule has 0 amide bonds. The number of hydrogen-bond donors (Lipinski definition) is 1. The van der Waals surface area contributed by atoms with Gasteiger partial charge in [-0.1, -0.05) is 0 Å². The number of nitrogens with zero attached hydrogens (tertiary/aromatic N) is 3. The molecule has 2 aromatic heterocycles. The third-order valence-electron chi connectivity index (χ3n) is 3.01. The van der Waals surface area contributed by atoms with Crippen molar-refractivity contribution in [3.8, 4) is 0 Å². The third-order valence-corrected chi connectivity index (χ3v) is 4.82. The van der Waals surface area contributed by atoms with Gasteiger partial charge in [-0.25, -0.2) is 4.98 Å². The number of imidazole rings is 1. The largest absolute Gasteiger partial charge is 0.390 e. The van der Waals surface area contributed by atoms with Crippen LogP contribution in [0, 0.1) is 0 Å². The minimum Gasteiger partial charge on any atom is -0.390 e. The van der Waals surface area contributed by atoms with Gasteiger partial charge in [-0.15, -0.1) is 11.3 Å². The van der Waals surface area contributed by atoms with Gasteiger partial charge in [0, 0.05) is 30.4 Å². The Kier molecular flexibility index (Phi) is 3.26. The van der Waals surface area contributed by atoms with Crippen LogP contribution in [0.25, 0.3) is 4.96 Å². The van der Waals surface area contributed by atoms with Crippen LogP contribution in [0.5, 0.6) is 0 Å². The first-order valence-corrected chi connectivity index (χ1v) is 7.81. The molecule has 0 spiro atoms. The van der Waals surface area contributed by atoms with E-state index in [0.29, 0.717) is 0 Å². The highest BCUT2D eigenvalue weighted by atomic mass is 32.2. The minimum atomic E-state index is 0.0525. The summed E-state index contributed by atoms with van der Waals surface area (Å²) in [4.78, 5) is 7.93. The molecule has 0 unspecified atom stereocenters. The van der Waals surface area contributed by atoms with Crippen molar-refractivity contribution in [1.29, 1.82) is 0 Å². The number of thiazole rings is 1. The monoisotopic (exact) mass is 269 g/mol. The molecule has 0 atom stereocenters. The quantitative estimate of drug-likeness (QED) is 0.903. The smallest absolute Gasteiger partial charge is 0.195 e. The fraction of sp³-hybridized carbons (Fsp3) is 0.545. The molecule has 3 rings (SSSR count). The van der Waals surface area contributed by atoms with E-state index in [1.807, 2.05) is 27.7 Å². The number of aliphatic hydroxyl groups excluding tert-OH is 1. The van der Waals surface area contributed by atoms with Crippen LogP contribution in [-0.4, -0.2) is 39.1 Å². The summed E-state index contributed by atoms with van der Waals surface area (Å²) >= 11 is 3.62. The first-order valence-electron chi connectivity index (χ1n) is 5.78. The Morgan fingerprint density at radius 2 is 2.29 bits per heavy atom. The molecular formula is C11H15N3OS2. The van der Waals surface area contributed by atoms with Gasteiger partial charge in [0.1, 0.15) is 0 Å². The molecule has 3 heterocycles. The average Bonchev–Trinajstić information content (AvgIpc) is 2.80. The molecule has 1 aliphatic rings. The molecule has 2 aromatic rings. The Labute approximate surface area is 108 Å². The predicted octanol–water partition coefficient (Wildman–Crippen LogP) is 1.83. The van der Waals surface area contributed by atoms with E-state index in [0.717, 1.165) is 35.3 Å². The van der Waals surface area contributed by atoms with Gasteiger partial charge < -0.3 is 10.0 Å². The van der Waals surface area contributed by atoms with Crippen molar-refractivity contribution in [2.24, 2.45) is 0 Å². The molecule has 1 aliphatic heterocycles. The summed E-state index contributed by atoms with van der Waals surface area (Å²) < 4.78 is 2.00. The fourth-order valence-corrected chi connectivity index (χ4v) is 3.79.